The summed E-state index contributed by atoms with van der Waals surface area (Å²) in [5, 5.41) is -0.637. The molecule has 0 spiro atoms. The van der Waals surface area contributed by atoms with Gasteiger partial charge in [-0.1, -0.05) is 0 Å². The molecule has 10 heteroatoms. The van der Waals surface area contributed by atoms with Gasteiger partial charge >= 0.3 is 12.0 Å². The van der Waals surface area contributed by atoms with E-state index in [1.165, 1.54) is 6.20 Å². The molecular weight excluding hydrogens is 277 g/mol. The lowest BCUT2D eigenvalue weighted by Gasteiger charge is -2.18. The van der Waals surface area contributed by atoms with Crippen LogP contribution in [0, 0.1) is 6.92 Å². The fourth-order valence-corrected chi connectivity index (χ4v) is 1.38. The van der Waals surface area contributed by atoms with Crippen molar-refractivity contribution in [2.45, 2.75) is 13.2 Å². The molecule has 106 valence electrons. The third-order valence-electron chi connectivity index (χ3n) is 2.29. The van der Waals surface area contributed by atoms with Crippen LogP contribution in [0.1, 0.15) is 5.56 Å². The molecule has 0 atom stereocenters. The molecule has 0 aliphatic rings. The molecular formula is C10H9F3N6O. The normalized spacial score (nSPS) is 11.4. The van der Waals surface area contributed by atoms with Gasteiger partial charge in [-0.25, -0.2) is 10.6 Å². The Hall–Kier alpha value is -2.49. The van der Waals surface area contributed by atoms with Crippen molar-refractivity contribution < 1.29 is 13.2 Å². The van der Waals surface area contributed by atoms with Crippen LogP contribution in [0.3, 0.4) is 0 Å². The first-order valence-electron chi connectivity index (χ1n) is 5.30. The van der Waals surface area contributed by atoms with Gasteiger partial charge in [-0.3, -0.25) is 9.97 Å². The first-order chi connectivity index (χ1) is 9.27. The van der Waals surface area contributed by atoms with Gasteiger partial charge < -0.3 is 0 Å². The van der Waals surface area contributed by atoms with Crippen LogP contribution < -0.4 is 16.5 Å². The molecule has 0 aliphatic carbocycles. The lowest BCUT2D eigenvalue weighted by atomic mass is 10.2. The number of nitrogens with zero attached hydrogens (tertiary/aromatic N) is 4. The van der Waals surface area contributed by atoms with E-state index >= 15 is 0 Å². The highest BCUT2D eigenvalue weighted by Crippen LogP contribution is 2.22. The summed E-state index contributed by atoms with van der Waals surface area (Å²) >= 11 is 0. The lowest BCUT2D eigenvalue weighted by molar-refractivity contribution is -0.130. The van der Waals surface area contributed by atoms with Crippen molar-refractivity contribution in [3.05, 3.63) is 34.4 Å². The third kappa shape index (κ3) is 2.91. The summed E-state index contributed by atoms with van der Waals surface area (Å²) in [5.74, 6) is 3.72. The Morgan fingerprint density at radius 3 is 2.65 bits per heavy atom. The molecule has 2 aromatic rings. The Morgan fingerprint density at radius 1 is 1.35 bits per heavy atom. The van der Waals surface area contributed by atoms with Gasteiger partial charge in [0, 0.05) is 6.20 Å². The van der Waals surface area contributed by atoms with Crippen molar-refractivity contribution in [3.8, 4) is 11.5 Å². The fraction of sp³-hybridized carbons (Fsp3) is 0.200. The van der Waals surface area contributed by atoms with Crippen LogP contribution in [-0.2, 0) is 0 Å². The molecule has 0 aliphatic heterocycles. The van der Waals surface area contributed by atoms with Gasteiger partial charge in [-0.05, 0) is 24.6 Å². The zero-order chi connectivity index (χ0) is 14.9. The van der Waals surface area contributed by atoms with Crippen molar-refractivity contribution in [2.24, 2.45) is 5.84 Å². The number of hydrogen-bond acceptors (Lipinski definition) is 6. The molecule has 2 rings (SSSR count). The number of nitrogens with two attached hydrogens (primary N) is 1. The Bertz CT molecular complexity index is 683. The monoisotopic (exact) mass is 286 g/mol. The number of H-pyrrole nitrogens is 1. The SMILES string of the molecule is Cc1ccnc(-c2nc(N(N)C(F)(F)F)nc(=O)[nH]2)c1. The number of alkyl halides is 3. The maximum absolute atomic E-state index is 12.5. The average molecular weight is 286 g/mol. The summed E-state index contributed by atoms with van der Waals surface area (Å²) in [5.41, 5.74) is 0.00534. The van der Waals surface area contributed by atoms with E-state index in [1.807, 2.05) is 0 Å². The number of hydrazine groups is 1. The van der Waals surface area contributed by atoms with Gasteiger partial charge in [0.15, 0.2) is 5.82 Å². The molecule has 3 N–H and O–H groups in total. The number of aryl methyl sites for hydroxylation is 1. The van der Waals surface area contributed by atoms with Crippen LogP contribution in [0.5, 0.6) is 0 Å². The minimum Gasteiger partial charge on any atom is -0.288 e. The molecule has 0 aromatic carbocycles. The van der Waals surface area contributed by atoms with Crippen molar-refractivity contribution >= 4 is 5.95 Å². The minimum absolute atomic E-state index is 0.150. The number of nitrogens with one attached hydrogen (secondary N) is 1. The van der Waals surface area contributed by atoms with Crippen molar-refractivity contribution in [1.82, 2.24) is 19.9 Å². The highest BCUT2D eigenvalue weighted by atomic mass is 19.4. The Labute approximate surface area is 110 Å². The molecule has 0 bridgehead atoms. The number of anilines is 1. The highest BCUT2D eigenvalue weighted by Gasteiger charge is 2.37. The molecule has 2 aromatic heterocycles. The number of rotatable bonds is 2. The Kier molecular flexibility index (Phi) is 3.40. The maximum atomic E-state index is 12.5. The Balaban J connectivity index is 2.52. The second-order valence-corrected chi connectivity index (χ2v) is 3.86. The van der Waals surface area contributed by atoms with Crippen LogP contribution in [-0.4, -0.2) is 26.2 Å². The van der Waals surface area contributed by atoms with Crippen LogP contribution >= 0.6 is 0 Å². The van der Waals surface area contributed by atoms with E-state index in [-0.39, 0.29) is 11.5 Å². The second-order valence-electron chi connectivity index (χ2n) is 3.86. The predicted octanol–water partition coefficient (Wildman–Crippen LogP) is 0.735. The molecule has 0 saturated heterocycles. The van der Waals surface area contributed by atoms with Crippen molar-refractivity contribution in [2.75, 3.05) is 5.01 Å². The van der Waals surface area contributed by atoms with Crippen LogP contribution in [0.4, 0.5) is 19.1 Å². The topological polar surface area (TPSA) is 101 Å². The average Bonchev–Trinajstić information content (AvgIpc) is 2.36. The lowest BCUT2D eigenvalue weighted by Crippen LogP contribution is -2.46. The summed E-state index contributed by atoms with van der Waals surface area (Å²) in [7, 11) is 0. The summed E-state index contributed by atoms with van der Waals surface area (Å²) in [6, 6.07) is 3.24. The quantitative estimate of drug-likeness (QED) is 0.479. The summed E-state index contributed by atoms with van der Waals surface area (Å²) < 4.78 is 37.4. The van der Waals surface area contributed by atoms with E-state index in [9.17, 15) is 18.0 Å². The number of hydrogen-bond donors (Lipinski definition) is 2. The van der Waals surface area contributed by atoms with E-state index < -0.39 is 22.9 Å². The standard InChI is InChI=1S/C10H9F3N6O/c1-5-2-3-15-6(4-5)7-16-8(18-9(20)17-7)19(14)10(11,12)13/h2-4H,14H2,1H3,(H,16,17,18,20). The van der Waals surface area contributed by atoms with Crippen LogP contribution in [0.25, 0.3) is 11.5 Å². The largest absolute Gasteiger partial charge is 0.501 e. The number of aromatic nitrogens is 4. The molecule has 0 radical (unpaired) electrons. The fourth-order valence-electron chi connectivity index (χ4n) is 1.38. The zero-order valence-electron chi connectivity index (χ0n) is 10.1. The highest BCUT2D eigenvalue weighted by molar-refractivity contribution is 5.51. The number of aromatic amines is 1. The first-order valence-corrected chi connectivity index (χ1v) is 5.30. The number of halogens is 3. The zero-order valence-corrected chi connectivity index (χ0v) is 10.1. The van der Waals surface area contributed by atoms with Gasteiger partial charge in [0.05, 0.1) is 0 Å². The van der Waals surface area contributed by atoms with Crippen LogP contribution in [0.15, 0.2) is 23.1 Å². The van der Waals surface area contributed by atoms with E-state index in [0.717, 1.165) is 5.56 Å². The summed E-state index contributed by atoms with van der Waals surface area (Å²) in [6.45, 7) is 1.76. The number of pyridine rings is 1. The molecule has 2 heterocycles. The van der Waals surface area contributed by atoms with Gasteiger partial charge in [0.2, 0.25) is 0 Å². The van der Waals surface area contributed by atoms with Gasteiger partial charge in [-0.15, -0.1) is 13.2 Å². The van der Waals surface area contributed by atoms with Crippen molar-refractivity contribution in [1.29, 1.82) is 0 Å². The molecule has 0 fully saturated rings. The molecule has 0 unspecified atom stereocenters. The van der Waals surface area contributed by atoms with Gasteiger partial charge in [-0.2, -0.15) is 15.0 Å². The summed E-state index contributed by atoms with van der Waals surface area (Å²) in [4.78, 5) is 24.1. The van der Waals surface area contributed by atoms with E-state index in [0.29, 0.717) is 0 Å². The molecule has 0 saturated carbocycles. The summed E-state index contributed by atoms with van der Waals surface area (Å²) in [6.07, 6.45) is -3.46. The van der Waals surface area contributed by atoms with E-state index in [2.05, 4.69) is 19.9 Å². The van der Waals surface area contributed by atoms with Crippen molar-refractivity contribution in [3.63, 3.8) is 0 Å². The Morgan fingerprint density at radius 2 is 2.05 bits per heavy atom. The molecule has 20 heavy (non-hydrogen) atoms. The molecule has 7 nitrogen and oxygen atoms in total. The second kappa shape index (κ2) is 4.89. The van der Waals surface area contributed by atoms with E-state index in [4.69, 9.17) is 5.84 Å². The predicted molar refractivity (Wildman–Crippen MR) is 63.3 cm³/mol. The molecule has 0 amide bonds. The third-order valence-corrected chi connectivity index (χ3v) is 2.29. The van der Waals surface area contributed by atoms with Gasteiger partial charge in [0.25, 0.3) is 5.95 Å². The van der Waals surface area contributed by atoms with Gasteiger partial charge in [0.1, 0.15) is 5.69 Å². The first kappa shape index (κ1) is 13.9. The minimum atomic E-state index is -4.90. The maximum Gasteiger partial charge on any atom is 0.501 e. The van der Waals surface area contributed by atoms with E-state index in [1.54, 1.807) is 19.1 Å². The smallest absolute Gasteiger partial charge is 0.288 e. The van der Waals surface area contributed by atoms with Crippen LogP contribution in [0.2, 0.25) is 0 Å².